The molecule has 8 heteroatoms. The van der Waals surface area contributed by atoms with Crippen LogP contribution in [0.2, 0.25) is 0 Å². The molecule has 0 radical (unpaired) electrons. The Morgan fingerprint density at radius 2 is 1.27 bits per heavy atom. The first-order chi connectivity index (χ1) is 19.9. The van der Waals surface area contributed by atoms with E-state index in [2.05, 4.69) is 17.9 Å². The molecule has 0 bridgehead atoms. The maximum Gasteiger partial charge on any atom is 0.343 e. The average molecular weight is 559 g/mol. The number of unbranched alkanes of at least 4 members (excludes halogenated alkanes) is 2. The topological polar surface area (TPSA) is 97.4 Å². The van der Waals surface area contributed by atoms with Gasteiger partial charge in [0.05, 0.1) is 18.4 Å². The van der Waals surface area contributed by atoms with Crippen LogP contribution in [0.5, 0.6) is 17.2 Å². The number of carbonyl (C=O) groups is 3. The molecule has 0 atom stereocenters. The lowest BCUT2D eigenvalue weighted by atomic mass is 10.0. The Kier molecular flexibility index (Phi) is 12.2. The Labute approximate surface area is 240 Å². The molecular formula is C33H34O8. The van der Waals surface area contributed by atoms with Crippen LogP contribution in [0.15, 0.2) is 97.8 Å². The van der Waals surface area contributed by atoms with Crippen LogP contribution in [0.25, 0.3) is 11.1 Å². The van der Waals surface area contributed by atoms with Gasteiger partial charge in [0.1, 0.15) is 30.5 Å². The molecule has 0 spiro atoms. The van der Waals surface area contributed by atoms with Crippen molar-refractivity contribution in [2.24, 2.45) is 0 Å². The molecule has 0 aromatic heterocycles. The second-order valence-electron chi connectivity index (χ2n) is 9.04. The fourth-order valence-corrected chi connectivity index (χ4v) is 3.62. The van der Waals surface area contributed by atoms with E-state index in [1.54, 1.807) is 43.3 Å². The van der Waals surface area contributed by atoms with Gasteiger partial charge in [-0.1, -0.05) is 37.4 Å². The van der Waals surface area contributed by atoms with Gasteiger partial charge in [-0.25, -0.2) is 9.59 Å². The zero-order valence-corrected chi connectivity index (χ0v) is 23.1. The third kappa shape index (κ3) is 10.7. The van der Waals surface area contributed by atoms with E-state index in [9.17, 15) is 14.4 Å². The smallest absolute Gasteiger partial charge is 0.343 e. The van der Waals surface area contributed by atoms with Gasteiger partial charge in [0.2, 0.25) is 0 Å². The molecule has 3 aromatic carbocycles. The Morgan fingerprint density at radius 3 is 1.88 bits per heavy atom. The number of ether oxygens (including phenoxy) is 5. The van der Waals surface area contributed by atoms with E-state index < -0.39 is 11.9 Å². The molecule has 214 valence electrons. The van der Waals surface area contributed by atoms with Crippen LogP contribution in [0.3, 0.4) is 0 Å². The summed E-state index contributed by atoms with van der Waals surface area (Å²) < 4.78 is 26.4. The van der Waals surface area contributed by atoms with E-state index in [0.29, 0.717) is 35.7 Å². The summed E-state index contributed by atoms with van der Waals surface area (Å²) in [4.78, 5) is 35.2. The van der Waals surface area contributed by atoms with Gasteiger partial charge in [0.15, 0.2) is 0 Å². The Hall–Kier alpha value is -4.85. The lowest BCUT2D eigenvalue weighted by Gasteiger charge is -2.09. The highest BCUT2D eigenvalue weighted by molar-refractivity contribution is 5.91. The van der Waals surface area contributed by atoms with Crippen LogP contribution in [-0.2, 0) is 19.1 Å². The molecule has 3 aromatic rings. The van der Waals surface area contributed by atoms with E-state index in [1.807, 2.05) is 36.4 Å². The van der Waals surface area contributed by atoms with Crippen molar-refractivity contribution >= 4 is 17.9 Å². The predicted molar refractivity (Wildman–Crippen MR) is 155 cm³/mol. The van der Waals surface area contributed by atoms with Crippen LogP contribution >= 0.6 is 0 Å². The molecule has 0 heterocycles. The minimum atomic E-state index is -0.474. The molecule has 0 aliphatic carbocycles. The summed E-state index contributed by atoms with van der Waals surface area (Å²) in [6.45, 7) is 9.32. The summed E-state index contributed by atoms with van der Waals surface area (Å²) in [6, 6.07) is 21.5. The van der Waals surface area contributed by atoms with E-state index >= 15 is 0 Å². The molecule has 0 aliphatic heterocycles. The Bertz CT molecular complexity index is 1310. The lowest BCUT2D eigenvalue weighted by molar-refractivity contribution is -0.140. The van der Waals surface area contributed by atoms with Crippen molar-refractivity contribution in [3.05, 3.63) is 103 Å². The third-order valence-corrected chi connectivity index (χ3v) is 5.78. The van der Waals surface area contributed by atoms with E-state index in [-0.39, 0.29) is 19.2 Å². The van der Waals surface area contributed by atoms with Gasteiger partial charge in [-0.3, -0.25) is 4.79 Å². The Balaban J connectivity index is 1.41. The van der Waals surface area contributed by atoms with Crippen molar-refractivity contribution in [3.8, 4) is 28.4 Å². The molecule has 0 saturated heterocycles. The van der Waals surface area contributed by atoms with Crippen LogP contribution in [0.4, 0.5) is 0 Å². The second kappa shape index (κ2) is 16.3. The van der Waals surface area contributed by atoms with Crippen LogP contribution < -0.4 is 14.2 Å². The average Bonchev–Trinajstić information content (AvgIpc) is 2.98. The van der Waals surface area contributed by atoms with Gasteiger partial charge in [-0.05, 0) is 85.8 Å². The van der Waals surface area contributed by atoms with Crippen LogP contribution in [0, 0.1) is 0 Å². The first-order valence-corrected chi connectivity index (χ1v) is 13.3. The van der Waals surface area contributed by atoms with Gasteiger partial charge in [-0.2, -0.15) is 0 Å². The minimum Gasteiger partial charge on any atom is -0.494 e. The monoisotopic (exact) mass is 558 g/mol. The van der Waals surface area contributed by atoms with Gasteiger partial charge >= 0.3 is 17.9 Å². The fourth-order valence-electron chi connectivity index (χ4n) is 3.62. The number of esters is 3. The van der Waals surface area contributed by atoms with E-state index in [4.69, 9.17) is 18.9 Å². The van der Waals surface area contributed by atoms with Gasteiger partial charge in [0.25, 0.3) is 0 Å². The first kappa shape index (κ1) is 30.7. The van der Waals surface area contributed by atoms with E-state index in [1.165, 1.54) is 0 Å². The maximum atomic E-state index is 12.6. The zero-order chi connectivity index (χ0) is 29.5. The number of hydrogen-bond acceptors (Lipinski definition) is 8. The largest absolute Gasteiger partial charge is 0.494 e. The first-order valence-electron chi connectivity index (χ1n) is 13.3. The summed E-state index contributed by atoms with van der Waals surface area (Å²) in [7, 11) is 0. The van der Waals surface area contributed by atoms with Crippen molar-refractivity contribution in [1.82, 2.24) is 0 Å². The predicted octanol–water partition coefficient (Wildman–Crippen LogP) is 6.70. The van der Waals surface area contributed by atoms with Gasteiger partial charge in [0, 0.05) is 12.0 Å². The highest BCUT2D eigenvalue weighted by Crippen LogP contribution is 2.24. The van der Waals surface area contributed by atoms with E-state index in [0.717, 1.165) is 42.4 Å². The molecule has 0 aliphatic rings. The zero-order valence-electron chi connectivity index (χ0n) is 23.1. The molecule has 8 nitrogen and oxygen atoms in total. The molecule has 0 saturated carbocycles. The number of rotatable bonds is 16. The Morgan fingerprint density at radius 1 is 0.707 bits per heavy atom. The molecule has 41 heavy (non-hydrogen) atoms. The van der Waals surface area contributed by atoms with Crippen molar-refractivity contribution in [2.75, 3.05) is 19.8 Å². The minimum absolute atomic E-state index is 0.106. The van der Waals surface area contributed by atoms with Crippen LogP contribution in [0.1, 0.15) is 43.0 Å². The summed E-state index contributed by atoms with van der Waals surface area (Å²) in [5.74, 6) is 0.501. The summed E-state index contributed by atoms with van der Waals surface area (Å²) in [5.41, 5.74) is 2.70. The maximum absolute atomic E-state index is 12.6. The summed E-state index contributed by atoms with van der Waals surface area (Å²) in [6.07, 6.45) is 3.98. The number of benzene rings is 3. The van der Waals surface area contributed by atoms with Crippen molar-refractivity contribution in [1.29, 1.82) is 0 Å². The quantitative estimate of drug-likeness (QED) is 0.0630. The fraction of sp³-hybridized carbons (Fsp3) is 0.242. The summed E-state index contributed by atoms with van der Waals surface area (Å²) in [5, 5.41) is 0. The highest BCUT2D eigenvalue weighted by atomic mass is 16.6. The standard InChI is InChI=1S/C33H34O8/c1-4-37-31(34)8-6-5-7-21-38-28-15-13-26(14-16-28)25-9-11-27(12-10-25)33(36)41-30-19-17-29(18-20-30)39-22-23-40-32(35)24(2)3/h4,9-20H,1-2,5-8,21-23H2,3H3. The van der Waals surface area contributed by atoms with Gasteiger partial charge < -0.3 is 23.7 Å². The molecular weight excluding hydrogens is 524 g/mol. The van der Waals surface area contributed by atoms with Crippen molar-refractivity contribution in [2.45, 2.75) is 32.6 Å². The lowest BCUT2D eigenvalue weighted by Crippen LogP contribution is -2.12. The number of hydrogen-bond donors (Lipinski definition) is 0. The molecule has 0 N–H and O–H groups in total. The number of carbonyl (C=O) groups excluding carboxylic acids is 3. The second-order valence-corrected chi connectivity index (χ2v) is 9.04. The normalized spacial score (nSPS) is 10.3. The third-order valence-electron chi connectivity index (χ3n) is 5.78. The highest BCUT2D eigenvalue weighted by Gasteiger charge is 2.10. The molecule has 0 amide bonds. The van der Waals surface area contributed by atoms with Crippen molar-refractivity contribution < 1.29 is 38.1 Å². The summed E-state index contributed by atoms with van der Waals surface area (Å²) >= 11 is 0. The van der Waals surface area contributed by atoms with Crippen molar-refractivity contribution in [3.63, 3.8) is 0 Å². The van der Waals surface area contributed by atoms with Gasteiger partial charge in [-0.15, -0.1) is 0 Å². The molecule has 0 unspecified atom stereocenters. The molecule has 3 rings (SSSR count). The molecule has 0 fully saturated rings. The SMILES string of the molecule is C=COC(=O)CCCCCOc1ccc(-c2ccc(C(=O)Oc3ccc(OCCOC(=O)C(=C)C)cc3)cc2)cc1. The van der Waals surface area contributed by atoms with Crippen LogP contribution in [-0.4, -0.2) is 37.7 Å².